The third-order valence-electron chi connectivity index (χ3n) is 4.72. The highest BCUT2D eigenvalue weighted by Crippen LogP contribution is 2.35. The van der Waals surface area contributed by atoms with Crippen LogP contribution >= 0.6 is 0 Å². The van der Waals surface area contributed by atoms with Crippen LogP contribution in [0, 0.1) is 5.92 Å². The van der Waals surface area contributed by atoms with E-state index in [0.717, 1.165) is 0 Å². The van der Waals surface area contributed by atoms with Crippen molar-refractivity contribution < 1.29 is 49.3 Å². The van der Waals surface area contributed by atoms with Gasteiger partial charge in [-0.3, -0.25) is 0 Å². The summed E-state index contributed by atoms with van der Waals surface area (Å²) in [7, 11) is 0. The van der Waals surface area contributed by atoms with Gasteiger partial charge in [-0.15, -0.1) is 0 Å². The lowest BCUT2D eigenvalue weighted by molar-refractivity contribution is -0.344. The van der Waals surface area contributed by atoms with E-state index < -0.39 is 55.5 Å². The van der Waals surface area contributed by atoms with Crippen molar-refractivity contribution in [2.45, 2.75) is 43.4 Å². The van der Waals surface area contributed by atoms with Crippen LogP contribution in [0.15, 0.2) is 11.1 Å². The number of esters is 1. The summed E-state index contributed by atoms with van der Waals surface area (Å²) >= 11 is 0. The summed E-state index contributed by atoms with van der Waals surface area (Å²) in [5, 5.41) is 48.5. The van der Waals surface area contributed by atoms with Crippen LogP contribution in [-0.4, -0.2) is 94.9 Å². The number of aliphatic hydroxyl groups excluding tert-OH is 5. The highest BCUT2D eigenvalue weighted by molar-refractivity contribution is 5.90. The number of rotatable bonds is 4. The van der Waals surface area contributed by atoms with Crippen molar-refractivity contribution in [2.75, 3.05) is 26.4 Å². The predicted molar refractivity (Wildman–Crippen MR) is 77.8 cm³/mol. The van der Waals surface area contributed by atoms with Crippen LogP contribution in [0.4, 0.5) is 0 Å². The number of carbonyl (C=O) groups excluding carboxylic acids is 1. The molecule has 3 aliphatic heterocycles. The molecule has 3 aliphatic rings. The fourth-order valence-electron chi connectivity index (χ4n) is 3.27. The second kappa shape index (κ2) is 7.64. The molecule has 142 valence electrons. The average Bonchev–Trinajstić information content (AvgIpc) is 2.62. The lowest BCUT2D eigenvalue weighted by atomic mass is 9.88. The first kappa shape index (κ1) is 18.7. The van der Waals surface area contributed by atoms with Gasteiger partial charge < -0.3 is 44.5 Å². The predicted octanol–water partition coefficient (Wildman–Crippen LogP) is -2.99. The molecule has 0 amide bonds. The Morgan fingerprint density at radius 3 is 2.48 bits per heavy atom. The van der Waals surface area contributed by atoms with Crippen molar-refractivity contribution in [3.63, 3.8) is 0 Å². The van der Waals surface area contributed by atoms with Crippen LogP contribution in [0.5, 0.6) is 0 Å². The zero-order valence-electron chi connectivity index (χ0n) is 13.4. The minimum Gasteiger partial charge on any atom is -0.462 e. The first-order valence-corrected chi connectivity index (χ1v) is 8.05. The molecule has 10 nitrogen and oxygen atoms in total. The molecule has 5 N–H and O–H groups in total. The Hall–Kier alpha value is -1.11. The van der Waals surface area contributed by atoms with E-state index in [1.807, 2.05) is 0 Å². The summed E-state index contributed by atoms with van der Waals surface area (Å²) in [5.41, 5.74) is 1.01. The molecule has 0 bridgehead atoms. The standard InChI is InChI=1S/C15H22O10/c16-3-7-6-1-2-22-13(21)8(6)5-23-14(7)25-15-12(20)11(19)10(18)9(4-17)24-15/h7,9-12,14-20H,1-5H2/t7-,9-,10-,11+,12-,14+,15+/m1/s1. The number of cyclic esters (lactones) is 1. The molecule has 1 fully saturated rings. The Labute approximate surface area is 143 Å². The van der Waals surface area contributed by atoms with Gasteiger partial charge in [-0.1, -0.05) is 0 Å². The van der Waals surface area contributed by atoms with Gasteiger partial charge in [0, 0.05) is 6.42 Å². The minimum atomic E-state index is -1.58. The molecule has 7 atom stereocenters. The SMILES string of the molecule is O=C1OCCC2=C1CO[C@@H](O[C@@H]1O[C@H](CO)[C@@H](O)[C@H](O)[C@H]1O)[C@@H]2CO. The first-order valence-electron chi connectivity index (χ1n) is 8.05. The summed E-state index contributed by atoms with van der Waals surface area (Å²) in [6, 6.07) is 0. The number of aliphatic hydroxyl groups is 5. The topological polar surface area (TPSA) is 155 Å². The molecule has 0 radical (unpaired) electrons. The fourth-order valence-corrected chi connectivity index (χ4v) is 3.27. The molecule has 3 rings (SSSR count). The molecule has 3 heterocycles. The van der Waals surface area contributed by atoms with E-state index >= 15 is 0 Å². The second-order valence-electron chi connectivity index (χ2n) is 6.19. The molecule has 0 spiro atoms. The van der Waals surface area contributed by atoms with Crippen LogP contribution in [0.2, 0.25) is 0 Å². The van der Waals surface area contributed by atoms with Gasteiger partial charge in [0.25, 0.3) is 0 Å². The van der Waals surface area contributed by atoms with E-state index in [0.29, 0.717) is 17.6 Å². The Bertz CT molecular complexity index is 532. The molecule has 10 heteroatoms. The van der Waals surface area contributed by atoms with Gasteiger partial charge in [-0.2, -0.15) is 0 Å². The highest BCUT2D eigenvalue weighted by Gasteiger charge is 2.47. The van der Waals surface area contributed by atoms with Crippen molar-refractivity contribution in [1.82, 2.24) is 0 Å². The van der Waals surface area contributed by atoms with Crippen LogP contribution in [0.1, 0.15) is 6.42 Å². The molecular weight excluding hydrogens is 340 g/mol. The Kier molecular flexibility index (Phi) is 5.71. The summed E-state index contributed by atoms with van der Waals surface area (Å²) in [6.45, 7) is -0.831. The molecule has 0 unspecified atom stereocenters. The van der Waals surface area contributed by atoms with E-state index in [1.165, 1.54) is 0 Å². The quantitative estimate of drug-likeness (QED) is 0.327. The zero-order chi connectivity index (χ0) is 18.1. The third kappa shape index (κ3) is 3.44. The van der Waals surface area contributed by atoms with Crippen molar-refractivity contribution in [2.24, 2.45) is 5.92 Å². The molecule has 0 saturated carbocycles. The Balaban J connectivity index is 1.75. The summed E-state index contributed by atoms with van der Waals surface area (Å²) in [4.78, 5) is 11.8. The van der Waals surface area contributed by atoms with Crippen LogP contribution in [0.3, 0.4) is 0 Å². The zero-order valence-corrected chi connectivity index (χ0v) is 13.4. The number of hydrogen-bond acceptors (Lipinski definition) is 10. The van der Waals surface area contributed by atoms with E-state index in [9.17, 15) is 30.3 Å². The second-order valence-corrected chi connectivity index (χ2v) is 6.19. The largest absolute Gasteiger partial charge is 0.462 e. The summed E-state index contributed by atoms with van der Waals surface area (Å²) in [5.74, 6) is -1.16. The van der Waals surface area contributed by atoms with Crippen LogP contribution < -0.4 is 0 Å². The Morgan fingerprint density at radius 2 is 1.80 bits per heavy atom. The maximum atomic E-state index is 11.8. The molecule has 0 aliphatic carbocycles. The monoisotopic (exact) mass is 362 g/mol. The van der Waals surface area contributed by atoms with E-state index in [4.69, 9.17) is 18.9 Å². The lowest BCUT2D eigenvalue weighted by Crippen LogP contribution is -2.60. The average molecular weight is 362 g/mol. The van der Waals surface area contributed by atoms with Crippen molar-refractivity contribution in [3.05, 3.63) is 11.1 Å². The van der Waals surface area contributed by atoms with Gasteiger partial charge in [-0.05, 0) is 5.57 Å². The first-order chi connectivity index (χ1) is 12.0. The minimum absolute atomic E-state index is 0.0766. The van der Waals surface area contributed by atoms with E-state index in [-0.39, 0.29) is 19.8 Å². The maximum Gasteiger partial charge on any atom is 0.336 e. The van der Waals surface area contributed by atoms with Crippen molar-refractivity contribution in [3.8, 4) is 0 Å². The van der Waals surface area contributed by atoms with Crippen LogP contribution in [-0.2, 0) is 23.7 Å². The van der Waals surface area contributed by atoms with Gasteiger partial charge in [0.05, 0.1) is 37.9 Å². The number of carbonyl (C=O) groups is 1. The normalized spacial score (nSPS) is 42.1. The van der Waals surface area contributed by atoms with E-state index in [1.54, 1.807) is 0 Å². The van der Waals surface area contributed by atoms with Crippen LogP contribution in [0.25, 0.3) is 0 Å². The van der Waals surface area contributed by atoms with Gasteiger partial charge >= 0.3 is 5.97 Å². The molecule has 1 saturated heterocycles. The van der Waals surface area contributed by atoms with Crippen molar-refractivity contribution in [1.29, 1.82) is 0 Å². The number of ether oxygens (including phenoxy) is 4. The van der Waals surface area contributed by atoms with Gasteiger partial charge in [0.1, 0.15) is 24.4 Å². The van der Waals surface area contributed by atoms with Crippen molar-refractivity contribution >= 4 is 5.97 Å². The van der Waals surface area contributed by atoms with Gasteiger partial charge in [0.15, 0.2) is 12.6 Å². The summed E-state index contributed by atoms with van der Waals surface area (Å²) < 4.78 is 21.3. The molecule has 0 aromatic rings. The maximum absolute atomic E-state index is 11.8. The van der Waals surface area contributed by atoms with Gasteiger partial charge in [0.2, 0.25) is 0 Å². The lowest BCUT2D eigenvalue weighted by Gasteiger charge is -2.43. The number of hydrogen-bond donors (Lipinski definition) is 5. The smallest absolute Gasteiger partial charge is 0.336 e. The molecule has 0 aromatic carbocycles. The Morgan fingerprint density at radius 1 is 1.04 bits per heavy atom. The molecule has 0 aromatic heterocycles. The van der Waals surface area contributed by atoms with E-state index in [2.05, 4.69) is 0 Å². The summed E-state index contributed by atoms with van der Waals surface area (Å²) in [6.07, 6.45) is -7.74. The highest BCUT2D eigenvalue weighted by atomic mass is 16.8. The molecule has 25 heavy (non-hydrogen) atoms. The van der Waals surface area contributed by atoms with Gasteiger partial charge in [-0.25, -0.2) is 4.79 Å². The fraction of sp³-hybridized carbons (Fsp3) is 0.800. The molecular formula is C15H22O10. The third-order valence-corrected chi connectivity index (χ3v) is 4.72.